The highest BCUT2D eigenvalue weighted by atomic mass is 16.4. The molecule has 156 valence electrons. The Balaban J connectivity index is 1.30. The second-order valence-electron chi connectivity index (χ2n) is 8.77. The van der Waals surface area contributed by atoms with Gasteiger partial charge in [0.15, 0.2) is 5.76 Å². The Morgan fingerprint density at radius 3 is 2.36 bits per heavy atom. The molecule has 4 heterocycles. The summed E-state index contributed by atoms with van der Waals surface area (Å²) in [6.07, 6.45) is 7.48. The highest BCUT2D eigenvalue weighted by Gasteiger charge is 2.31. The van der Waals surface area contributed by atoms with Crippen molar-refractivity contribution in [2.24, 2.45) is 0 Å². The van der Waals surface area contributed by atoms with Gasteiger partial charge in [0.05, 0.1) is 12.1 Å². The first-order valence-corrected chi connectivity index (χ1v) is 11.2. The molecule has 1 aromatic heterocycles. The molecule has 1 amide bonds. The molecule has 1 atom stereocenters. The third-order valence-electron chi connectivity index (χ3n) is 6.95. The average molecular weight is 390 g/mol. The van der Waals surface area contributed by atoms with Gasteiger partial charge in [-0.2, -0.15) is 0 Å². The number of hydrogen-bond donors (Lipinski definition) is 1. The van der Waals surface area contributed by atoms with Crippen LogP contribution < -0.4 is 0 Å². The molecular formula is C22H35N3O3. The molecule has 0 radical (unpaired) electrons. The maximum atomic E-state index is 12.9. The standard InChI is InChI=1S/C22H35N3O3/c1-17(23-11-3-2-4-12-23)20-5-6-21(28-20)22(27)25-13-7-18(8-14-25)24-15-9-19(26)10-16-24/h5-6,17-19,26H,2-4,7-16H2,1H3. The zero-order valence-corrected chi connectivity index (χ0v) is 17.2. The highest BCUT2D eigenvalue weighted by Crippen LogP contribution is 2.27. The van der Waals surface area contributed by atoms with E-state index in [0.717, 1.165) is 70.7 Å². The lowest BCUT2D eigenvalue weighted by Gasteiger charge is -2.40. The van der Waals surface area contributed by atoms with E-state index in [-0.39, 0.29) is 18.1 Å². The molecule has 0 saturated carbocycles. The maximum absolute atomic E-state index is 12.9. The summed E-state index contributed by atoms with van der Waals surface area (Å²) >= 11 is 0. The highest BCUT2D eigenvalue weighted by molar-refractivity contribution is 5.91. The molecule has 1 N–H and O–H groups in total. The number of aliphatic hydroxyl groups excluding tert-OH is 1. The number of furan rings is 1. The Morgan fingerprint density at radius 1 is 1.00 bits per heavy atom. The number of carbonyl (C=O) groups is 1. The van der Waals surface area contributed by atoms with Crippen molar-refractivity contribution in [3.05, 3.63) is 23.7 Å². The molecule has 3 aliphatic heterocycles. The molecule has 0 spiro atoms. The average Bonchev–Trinajstić information content (AvgIpc) is 3.24. The molecule has 0 bridgehead atoms. The fraction of sp³-hybridized carbons (Fsp3) is 0.773. The molecule has 1 unspecified atom stereocenters. The van der Waals surface area contributed by atoms with Gasteiger partial charge < -0.3 is 19.3 Å². The zero-order valence-electron chi connectivity index (χ0n) is 17.2. The molecule has 3 aliphatic rings. The summed E-state index contributed by atoms with van der Waals surface area (Å²) in [6.45, 7) is 7.96. The summed E-state index contributed by atoms with van der Waals surface area (Å²) in [5, 5.41) is 9.70. The number of rotatable bonds is 4. The van der Waals surface area contributed by atoms with E-state index in [2.05, 4.69) is 16.7 Å². The van der Waals surface area contributed by atoms with E-state index in [1.165, 1.54) is 19.3 Å². The molecule has 0 aliphatic carbocycles. The second-order valence-corrected chi connectivity index (χ2v) is 8.77. The summed E-state index contributed by atoms with van der Waals surface area (Å²) in [5.41, 5.74) is 0. The minimum absolute atomic E-state index is 0.0320. The monoisotopic (exact) mass is 389 g/mol. The Bertz CT molecular complexity index is 639. The van der Waals surface area contributed by atoms with Crippen molar-refractivity contribution in [2.75, 3.05) is 39.3 Å². The molecule has 3 saturated heterocycles. The minimum Gasteiger partial charge on any atom is -0.454 e. The van der Waals surface area contributed by atoms with Crippen LogP contribution in [0, 0.1) is 0 Å². The number of nitrogens with zero attached hydrogens (tertiary/aromatic N) is 3. The Morgan fingerprint density at radius 2 is 1.68 bits per heavy atom. The van der Waals surface area contributed by atoms with Gasteiger partial charge >= 0.3 is 0 Å². The van der Waals surface area contributed by atoms with Gasteiger partial charge in [0.25, 0.3) is 5.91 Å². The molecule has 1 aromatic rings. The SMILES string of the molecule is CC(c1ccc(C(=O)N2CCC(N3CCC(O)CC3)CC2)o1)N1CCCCC1. The van der Waals surface area contributed by atoms with Crippen molar-refractivity contribution < 1.29 is 14.3 Å². The summed E-state index contributed by atoms with van der Waals surface area (Å²) in [6, 6.07) is 4.62. The van der Waals surface area contributed by atoms with Crippen molar-refractivity contribution in [3.8, 4) is 0 Å². The Hall–Kier alpha value is -1.37. The van der Waals surface area contributed by atoms with Crippen molar-refractivity contribution in [1.82, 2.24) is 14.7 Å². The van der Waals surface area contributed by atoms with Crippen LogP contribution in [0.25, 0.3) is 0 Å². The van der Waals surface area contributed by atoms with E-state index in [9.17, 15) is 9.90 Å². The molecule has 0 aromatic carbocycles. The van der Waals surface area contributed by atoms with E-state index in [4.69, 9.17) is 4.42 Å². The van der Waals surface area contributed by atoms with Crippen LogP contribution in [0.15, 0.2) is 16.5 Å². The third kappa shape index (κ3) is 4.44. The molecule has 3 fully saturated rings. The van der Waals surface area contributed by atoms with Crippen LogP contribution in [0.1, 0.15) is 74.2 Å². The summed E-state index contributed by atoms with van der Waals surface area (Å²) < 4.78 is 6.00. The fourth-order valence-electron chi connectivity index (χ4n) is 5.02. The Kier molecular flexibility index (Phi) is 6.38. The van der Waals surface area contributed by atoms with Crippen molar-refractivity contribution in [1.29, 1.82) is 0 Å². The Labute approximate surface area is 168 Å². The predicted molar refractivity (Wildman–Crippen MR) is 108 cm³/mol. The van der Waals surface area contributed by atoms with Crippen LogP contribution in [0.4, 0.5) is 0 Å². The third-order valence-corrected chi connectivity index (χ3v) is 6.95. The number of aliphatic hydroxyl groups is 1. The summed E-state index contributed by atoms with van der Waals surface area (Å²) in [4.78, 5) is 19.8. The quantitative estimate of drug-likeness (QED) is 0.858. The van der Waals surface area contributed by atoms with Crippen LogP contribution in [-0.2, 0) is 0 Å². The summed E-state index contributed by atoms with van der Waals surface area (Å²) in [5.74, 6) is 1.43. The van der Waals surface area contributed by atoms with Gasteiger partial charge in [0.1, 0.15) is 5.76 Å². The van der Waals surface area contributed by atoms with Crippen LogP contribution in [0.3, 0.4) is 0 Å². The summed E-state index contributed by atoms with van der Waals surface area (Å²) in [7, 11) is 0. The number of hydrogen-bond acceptors (Lipinski definition) is 5. The van der Waals surface area contributed by atoms with Crippen molar-refractivity contribution in [3.63, 3.8) is 0 Å². The van der Waals surface area contributed by atoms with E-state index in [1.807, 2.05) is 17.0 Å². The van der Waals surface area contributed by atoms with Gasteiger partial charge in [-0.15, -0.1) is 0 Å². The van der Waals surface area contributed by atoms with E-state index < -0.39 is 0 Å². The number of likely N-dealkylation sites (tertiary alicyclic amines) is 3. The maximum Gasteiger partial charge on any atom is 0.289 e. The minimum atomic E-state index is -0.126. The molecule has 6 heteroatoms. The van der Waals surface area contributed by atoms with Gasteiger partial charge in [-0.3, -0.25) is 9.69 Å². The zero-order chi connectivity index (χ0) is 19.5. The second kappa shape index (κ2) is 8.97. The topological polar surface area (TPSA) is 60.2 Å². The van der Waals surface area contributed by atoms with Crippen LogP contribution in [0.5, 0.6) is 0 Å². The van der Waals surface area contributed by atoms with Gasteiger partial charge in [-0.05, 0) is 70.7 Å². The van der Waals surface area contributed by atoms with Crippen LogP contribution in [0.2, 0.25) is 0 Å². The lowest BCUT2D eigenvalue weighted by atomic mass is 9.99. The first-order valence-electron chi connectivity index (χ1n) is 11.2. The van der Waals surface area contributed by atoms with E-state index in [0.29, 0.717) is 11.8 Å². The molecule has 28 heavy (non-hydrogen) atoms. The van der Waals surface area contributed by atoms with Gasteiger partial charge in [-0.1, -0.05) is 6.42 Å². The number of carbonyl (C=O) groups excluding carboxylic acids is 1. The van der Waals surface area contributed by atoms with Crippen molar-refractivity contribution >= 4 is 5.91 Å². The number of piperidine rings is 3. The van der Waals surface area contributed by atoms with Crippen molar-refractivity contribution in [2.45, 2.75) is 70.1 Å². The van der Waals surface area contributed by atoms with E-state index >= 15 is 0 Å². The van der Waals surface area contributed by atoms with Crippen LogP contribution in [-0.4, -0.2) is 77.1 Å². The predicted octanol–water partition coefficient (Wildman–Crippen LogP) is 2.89. The first kappa shape index (κ1) is 19.9. The number of amides is 1. The van der Waals surface area contributed by atoms with Gasteiger partial charge in [0, 0.05) is 32.2 Å². The fourth-order valence-corrected chi connectivity index (χ4v) is 5.02. The lowest BCUT2D eigenvalue weighted by Crippen LogP contribution is -2.49. The molecule has 6 nitrogen and oxygen atoms in total. The smallest absolute Gasteiger partial charge is 0.289 e. The van der Waals surface area contributed by atoms with Gasteiger partial charge in [0.2, 0.25) is 0 Å². The van der Waals surface area contributed by atoms with Crippen LogP contribution >= 0.6 is 0 Å². The van der Waals surface area contributed by atoms with E-state index in [1.54, 1.807) is 0 Å². The molecule has 4 rings (SSSR count). The largest absolute Gasteiger partial charge is 0.454 e. The lowest BCUT2D eigenvalue weighted by molar-refractivity contribution is 0.0345. The van der Waals surface area contributed by atoms with Gasteiger partial charge in [-0.25, -0.2) is 0 Å². The normalized spacial score (nSPS) is 25.1. The first-order chi connectivity index (χ1) is 13.6. The molecular weight excluding hydrogens is 354 g/mol.